The van der Waals surface area contributed by atoms with Gasteiger partial charge in [0.05, 0.1) is 6.20 Å². The summed E-state index contributed by atoms with van der Waals surface area (Å²) in [6, 6.07) is 13.1. The van der Waals surface area contributed by atoms with E-state index < -0.39 is 0 Å². The molecule has 126 valence electrons. The van der Waals surface area contributed by atoms with E-state index in [1.807, 2.05) is 42.5 Å². The average Bonchev–Trinajstić information content (AvgIpc) is 3.09. The van der Waals surface area contributed by atoms with Crippen LogP contribution in [0.15, 0.2) is 48.7 Å². The van der Waals surface area contributed by atoms with E-state index in [4.69, 9.17) is 21.1 Å². The van der Waals surface area contributed by atoms with Gasteiger partial charge in [-0.2, -0.15) is 10.1 Å². The third-order valence-corrected chi connectivity index (χ3v) is 3.83. The van der Waals surface area contributed by atoms with Crippen molar-refractivity contribution in [3.8, 4) is 11.5 Å². The van der Waals surface area contributed by atoms with Crippen LogP contribution < -0.4 is 20.1 Å². The van der Waals surface area contributed by atoms with Crippen LogP contribution >= 0.6 is 11.6 Å². The summed E-state index contributed by atoms with van der Waals surface area (Å²) in [6.45, 7) is 0.847. The number of anilines is 3. The number of fused-ring (bicyclic) bond motifs is 1. The lowest BCUT2D eigenvalue weighted by Gasteiger charge is -2.08. The summed E-state index contributed by atoms with van der Waals surface area (Å²) in [5.74, 6) is 2.42. The Bertz CT molecular complexity index is 888. The van der Waals surface area contributed by atoms with Crippen LogP contribution in [0.3, 0.4) is 0 Å². The van der Waals surface area contributed by atoms with Crippen LogP contribution in [-0.2, 0) is 6.54 Å². The molecule has 4 rings (SSSR count). The molecule has 0 spiro atoms. The van der Waals surface area contributed by atoms with E-state index in [1.165, 1.54) is 0 Å². The Morgan fingerprint density at radius 3 is 2.76 bits per heavy atom. The highest BCUT2D eigenvalue weighted by Gasteiger charge is 2.13. The summed E-state index contributed by atoms with van der Waals surface area (Å²) in [5, 5.41) is 15.0. The largest absolute Gasteiger partial charge is 0.454 e. The fourth-order valence-corrected chi connectivity index (χ4v) is 2.47. The molecular formula is C17H14ClN5O2. The number of hydrogen-bond acceptors (Lipinski definition) is 7. The Morgan fingerprint density at radius 2 is 1.88 bits per heavy atom. The van der Waals surface area contributed by atoms with Gasteiger partial charge in [-0.15, -0.1) is 5.10 Å². The number of nitrogens with one attached hydrogen (secondary N) is 2. The zero-order valence-corrected chi connectivity index (χ0v) is 13.8. The first-order valence-electron chi connectivity index (χ1n) is 7.61. The Hall–Kier alpha value is -3.06. The van der Waals surface area contributed by atoms with E-state index >= 15 is 0 Å². The van der Waals surface area contributed by atoms with E-state index in [-0.39, 0.29) is 6.79 Å². The molecule has 2 aromatic carbocycles. The summed E-state index contributed by atoms with van der Waals surface area (Å²) in [5.41, 5.74) is 1.88. The van der Waals surface area contributed by atoms with Crippen molar-refractivity contribution in [2.45, 2.75) is 6.54 Å². The van der Waals surface area contributed by atoms with Crippen molar-refractivity contribution in [2.24, 2.45) is 0 Å². The number of nitrogens with zero attached hydrogens (tertiary/aromatic N) is 3. The maximum Gasteiger partial charge on any atom is 0.249 e. The Balaban J connectivity index is 1.43. The van der Waals surface area contributed by atoms with Crippen molar-refractivity contribution in [3.05, 3.63) is 59.2 Å². The molecule has 25 heavy (non-hydrogen) atoms. The van der Waals surface area contributed by atoms with Gasteiger partial charge in [0, 0.05) is 23.3 Å². The van der Waals surface area contributed by atoms with Gasteiger partial charge in [-0.05, 0) is 29.8 Å². The second-order valence-corrected chi connectivity index (χ2v) is 5.77. The molecule has 1 aromatic heterocycles. The topological polar surface area (TPSA) is 81.2 Å². The molecule has 2 N–H and O–H groups in total. The van der Waals surface area contributed by atoms with E-state index in [1.54, 1.807) is 6.20 Å². The minimum absolute atomic E-state index is 0.237. The summed E-state index contributed by atoms with van der Waals surface area (Å²) >= 11 is 5.89. The third kappa shape index (κ3) is 3.72. The maximum atomic E-state index is 5.89. The first-order valence-corrected chi connectivity index (χ1v) is 7.99. The summed E-state index contributed by atoms with van der Waals surface area (Å²) in [4.78, 5) is 4.40. The molecule has 0 fully saturated rings. The van der Waals surface area contributed by atoms with Crippen molar-refractivity contribution < 1.29 is 9.47 Å². The highest BCUT2D eigenvalue weighted by Crippen LogP contribution is 2.34. The second-order valence-electron chi connectivity index (χ2n) is 5.34. The molecule has 0 atom stereocenters. The van der Waals surface area contributed by atoms with Gasteiger partial charge in [0.2, 0.25) is 12.7 Å². The SMILES string of the molecule is Clc1ccc(CNc2cnnc(Nc3ccc4c(c3)OCO4)n2)cc1. The van der Waals surface area contributed by atoms with E-state index in [0.717, 1.165) is 17.0 Å². The van der Waals surface area contributed by atoms with Crippen molar-refractivity contribution in [1.82, 2.24) is 15.2 Å². The van der Waals surface area contributed by atoms with Gasteiger partial charge in [-0.25, -0.2) is 0 Å². The fourth-order valence-electron chi connectivity index (χ4n) is 2.34. The van der Waals surface area contributed by atoms with E-state index in [0.29, 0.717) is 29.1 Å². The fraction of sp³-hybridized carbons (Fsp3) is 0.118. The van der Waals surface area contributed by atoms with Gasteiger partial charge in [-0.3, -0.25) is 0 Å². The Morgan fingerprint density at radius 1 is 1.04 bits per heavy atom. The van der Waals surface area contributed by atoms with Crippen LogP contribution in [0, 0.1) is 0 Å². The number of benzene rings is 2. The van der Waals surface area contributed by atoms with Crippen molar-refractivity contribution >= 4 is 29.1 Å². The zero-order chi connectivity index (χ0) is 17.1. The summed E-state index contributed by atoms with van der Waals surface area (Å²) in [6.07, 6.45) is 1.57. The molecule has 2 heterocycles. The zero-order valence-electron chi connectivity index (χ0n) is 13.1. The van der Waals surface area contributed by atoms with Crippen LogP contribution in [0.1, 0.15) is 5.56 Å². The number of ether oxygens (including phenoxy) is 2. The van der Waals surface area contributed by atoms with Crippen molar-refractivity contribution in [3.63, 3.8) is 0 Å². The molecule has 1 aliphatic rings. The predicted octanol–water partition coefficient (Wildman–Crippen LogP) is 3.61. The van der Waals surface area contributed by atoms with Gasteiger partial charge >= 0.3 is 0 Å². The highest BCUT2D eigenvalue weighted by atomic mass is 35.5. The van der Waals surface area contributed by atoms with E-state index in [2.05, 4.69) is 25.8 Å². The lowest BCUT2D eigenvalue weighted by atomic mass is 10.2. The molecule has 0 radical (unpaired) electrons. The van der Waals surface area contributed by atoms with Crippen LogP contribution in [0.2, 0.25) is 5.02 Å². The predicted molar refractivity (Wildman–Crippen MR) is 94.5 cm³/mol. The molecule has 0 aliphatic carbocycles. The minimum Gasteiger partial charge on any atom is -0.454 e. The van der Waals surface area contributed by atoms with Gasteiger partial charge in [0.15, 0.2) is 17.3 Å². The van der Waals surface area contributed by atoms with Gasteiger partial charge in [0.1, 0.15) is 0 Å². The van der Waals surface area contributed by atoms with Crippen molar-refractivity contribution in [2.75, 3.05) is 17.4 Å². The average molecular weight is 356 g/mol. The molecule has 7 nitrogen and oxygen atoms in total. The van der Waals surface area contributed by atoms with Crippen LogP contribution in [0.25, 0.3) is 0 Å². The molecule has 0 saturated carbocycles. The van der Waals surface area contributed by atoms with E-state index in [9.17, 15) is 0 Å². The Labute approximate surface area is 149 Å². The van der Waals surface area contributed by atoms with Gasteiger partial charge in [0.25, 0.3) is 0 Å². The van der Waals surface area contributed by atoms with Crippen LogP contribution in [0.5, 0.6) is 11.5 Å². The lowest BCUT2D eigenvalue weighted by molar-refractivity contribution is 0.174. The molecule has 8 heteroatoms. The number of hydrogen-bond donors (Lipinski definition) is 2. The molecule has 0 amide bonds. The maximum absolute atomic E-state index is 5.89. The third-order valence-electron chi connectivity index (χ3n) is 3.57. The molecule has 0 saturated heterocycles. The first-order chi connectivity index (χ1) is 12.3. The van der Waals surface area contributed by atoms with Crippen LogP contribution in [-0.4, -0.2) is 22.0 Å². The smallest absolute Gasteiger partial charge is 0.249 e. The first kappa shape index (κ1) is 15.5. The van der Waals surface area contributed by atoms with Crippen LogP contribution in [0.4, 0.5) is 17.5 Å². The molecule has 3 aromatic rings. The minimum atomic E-state index is 0.237. The summed E-state index contributed by atoms with van der Waals surface area (Å²) < 4.78 is 10.6. The Kier molecular flexibility index (Phi) is 4.22. The molecular weight excluding hydrogens is 342 g/mol. The monoisotopic (exact) mass is 355 g/mol. The lowest BCUT2D eigenvalue weighted by Crippen LogP contribution is -2.05. The highest BCUT2D eigenvalue weighted by molar-refractivity contribution is 6.30. The normalized spacial score (nSPS) is 12.0. The van der Waals surface area contributed by atoms with Gasteiger partial charge < -0.3 is 20.1 Å². The molecule has 0 bridgehead atoms. The second kappa shape index (κ2) is 6.82. The number of halogens is 1. The molecule has 1 aliphatic heterocycles. The number of aromatic nitrogens is 3. The molecule has 0 unspecified atom stereocenters. The van der Waals surface area contributed by atoms with Crippen molar-refractivity contribution in [1.29, 1.82) is 0 Å². The standard InChI is InChI=1S/C17H14ClN5O2/c18-12-3-1-11(2-4-12)8-19-16-9-20-23-17(22-16)21-13-5-6-14-15(7-13)25-10-24-14/h1-7,9H,8,10H2,(H2,19,21,22,23). The van der Waals surface area contributed by atoms with Gasteiger partial charge in [-0.1, -0.05) is 23.7 Å². The quantitative estimate of drug-likeness (QED) is 0.723. The summed E-state index contributed by atoms with van der Waals surface area (Å²) in [7, 11) is 0. The number of rotatable bonds is 5.